The van der Waals surface area contributed by atoms with Gasteiger partial charge in [0.15, 0.2) is 0 Å². The lowest BCUT2D eigenvalue weighted by molar-refractivity contribution is -0.138. The molecule has 182 valence electrons. The SMILES string of the molecule is O=C1NCCc2c(OCCOCC(=O)N3CCN(c4ncc(C(F)(F)F)cn4)CC3)cccc21. The number of piperazine rings is 1. The third kappa shape index (κ3) is 5.56. The van der Waals surface area contributed by atoms with Crippen LogP contribution >= 0.6 is 0 Å². The van der Waals surface area contributed by atoms with Crippen LogP contribution in [0.25, 0.3) is 0 Å². The molecule has 0 spiro atoms. The number of anilines is 1. The van der Waals surface area contributed by atoms with Crippen LogP contribution < -0.4 is 15.0 Å². The highest BCUT2D eigenvalue weighted by Crippen LogP contribution is 2.28. The number of hydrogen-bond acceptors (Lipinski definition) is 7. The topological polar surface area (TPSA) is 96.9 Å². The van der Waals surface area contributed by atoms with Crippen molar-refractivity contribution in [3.8, 4) is 5.75 Å². The van der Waals surface area contributed by atoms with Gasteiger partial charge in [-0.3, -0.25) is 9.59 Å². The number of amides is 2. The highest BCUT2D eigenvalue weighted by molar-refractivity contribution is 5.97. The van der Waals surface area contributed by atoms with E-state index in [1.807, 2.05) is 6.07 Å². The van der Waals surface area contributed by atoms with E-state index in [1.165, 1.54) is 0 Å². The number of hydrogen-bond donors (Lipinski definition) is 1. The first-order valence-electron chi connectivity index (χ1n) is 10.9. The van der Waals surface area contributed by atoms with Crippen molar-refractivity contribution in [3.63, 3.8) is 0 Å². The summed E-state index contributed by atoms with van der Waals surface area (Å²) in [5.41, 5.74) is 0.585. The van der Waals surface area contributed by atoms with E-state index < -0.39 is 11.7 Å². The molecule has 0 bridgehead atoms. The molecule has 4 rings (SSSR count). The first-order chi connectivity index (χ1) is 16.3. The zero-order chi connectivity index (χ0) is 24.1. The monoisotopic (exact) mass is 479 g/mol. The molecule has 2 aromatic rings. The van der Waals surface area contributed by atoms with Gasteiger partial charge in [0, 0.05) is 56.2 Å². The third-order valence-corrected chi connectivity index (χ3v) is 5.63. The zero-order valence-corrected chi connectivity index (χ0v) is 18.3. The number of alkyl halides is 3. The van der Waals surface area contributed by atoms with Gasteiger partial charge in [-0.05, 0) is 18.6 Å². The van der Waals surface area contributed by atoms with Crippen LogP contribution in [-0.2, 0) is 22.1 Å². The molecular weight excluding hydrogens is 455 g/mol. The lowest BCUT2D eigenvalue weighted by Gasteiger charge is -2.34. The van der Waals surface area contributed by atoms with Crippen LogP contribution in [0.4, 0.5) is 19.1 Å². The molecule has 1 aromatic carbocycles. The smallest absolute Gasteiger partial charge is 0.419 e. The fourth-order valence-electron chi connectivity index (χ4n) is 3.82. The van der Waals surface area contributed by atoms with E-state index in [1.54, 1.807) is 21.9 Å². The number of aromatic nitrogens is 2. The quantitative estimate of drug-likeness (QED) is 0.602. The van der Waals surface area contributed by atoms with Gasteiger partial charge in [-0.2, -0.15) is 13.2 Å². The molecule has 0 unspecified atom stereocenters. The molecule has 0 radical (unpaired) electrons. The van der Waals surface area contributed by atoms with Crippen molar-refractivity contribution in [1.29, 1.82) is 0 Å². The molecule has 0 atom stereocenters. The summed E-state index contributed by atoms with van der Waals surface area (Å²) in [6.07, 6.45) is -2.27. The van der Waals surface area contributed by atoms with Crippen LogP contribution in [-0.4, -0.2) is 79.2 Å². The standard InChI is InChI=1S/C22H24F3N5O4/c23-22(24,25)15-12-27-21(28-13-15)30-8-6-29(7-9-30)19(31)14-33-10-11-34-18-3-1-2-17-16(18)4-5-26-20(17)32/h1-3,12-13H,4-11,14H2,(H,26,32). The molecular formula is C22H24F3N5O4. The van der Waals surface area contributed by atoms with E-state index in [0.29, 0.717) is 50.5 Å². The molecule has 2 amide bonds. The normalized spacial score (nSPS) is 16.1. The van der Waals surface area contributed by atoms with Crippen LogP contribution in [0.15, 0.2) is 30.6 Å². The lowest BCUT2D eigenvalue weighted by atomic mass is 9.99. The molecule has 3 heterocycles. The van der Waals surface area contributed by atoms with Gasteiger partial charge in [-0.15, -0.1) is 0 Å². The van der Waals surface area contributed by atoms with Gasteiger partial charge < -0.3 is 24.6 Å². The molecule has 1 aromatic heterocycles. The minimum absolute atomic E-state index is 0.102. The van der Waals surface area contributed by atoms with E-state index in [9.17, 15) is 22.8 Å². The molecule has 12 heteroatoms. The van der Waals surface area contributed by atoms with Gasteiger partial charge in [0.05, 0.1) is 12.2 Å². The predicted octanol–water partition coefficient (Wildman–Crippen LogP) is 1.53. The maximum atomic E-state index is 12.6. The van der Waals surface area contributed by atoms with Crippen molar-refractivity contribution in [2.75, 3.05) is 57.4 Å². The minimum atomic E-state index is -4.48. The van der Waals surface area contributed by atoms with E-state index in [2.05, 4.69) is 15.3 Å². The van der Waals surface area contributed by atoms with Crippen LogP contribution in [0.2, 0.25) is 0 Å². The van der Waals surface area contributed by atoms with Crippen molar-refractivity contribution in [1.82, 2.24) is 20.2 Å². The minimum Gasteiger partial charge on any atom is -0.491 e. The number of nitrogens with zero attached hydrogens (tertiary/aromatic N) is 4. The second-order valence-electron chi connectivity index (χ2n) is 7.83. The Bertz CT molecular complexity index is 1020. The Morgan fingerprint density at radius 2 is 1.82 bits per heavy atom. The maximum absolute atomic E-state index is 12.6. The molecule has 0 aliphatic carbocycles. The predicted molar refractivity (Wildman–Crippen MR) is 115 cm³/mol. The molecule has 2 aliphatic rings. The number of rotatable bonds is 7. The lowest BCUT2D eigenvalue weighted by Crippen LogP contribution is -2.50. The summed E-state index contributed by atoms with van der Waals surface area (Å²) in [5, 5.41) is 2.79. The fourth-order valence-corrected chi connectivity index (χ4v) is 3.82. The second-order valence-corrected chi connectivity index (χ2v) is 7.83. The zero-order valence-electron chi connectivity index (χ0n) is 18.3. The number of benzene rings is 1. The molecule has 9 nitrogen and oxygen atoms in total. The fraction of sp³-hybridized carbons (Fsp3) is 0.455. The number of nitrogens with one attached hydrogen (secondary N) is 1. The van der Waals surface area contributed by atoms with Crippen LogP contribution in [0.3, 0.4) is 0 Å². The summed E-state index contributed by atoms with van der Waals surface area (Å²) in [4.78, 5) is 35.3. The Morgan fingerprint density at radius 3 is 2.53 bits per heavy atom. The number of carbonyl (C=O) groups is 2. The van der Waals surface area contributed by atoms with Crippen molar-refractivity contribution in [2.45, 2.75) is 12.6 Å². The largest absolute Gasteiger partial charge is 0.491 e. The van der Waals surface area contributed by atoms with E-state index >= 15 is 0 Å². The highest BCUT2D eigenvalue weighted by atomic mass is 19.4. The van der Waals surface area contributed by atoms with Gasteiger partial charge >= 0.3 is 6.18 Å². The van der Waals surface area contributed by atoms with Crippen molar-refractivity contribution < 1.29 is 32.2 Å². The van der Waals surface area contributed by atoms with Crippen molar-refractivity contribution in [2.24, 2.45) is 0 Å². The Balaban J connectivity index is 1.17. The molecule has 1 fully saturated rings. The van der Waals surface area contributed by atoms with Gasteiger partial charge in [-0.25, -0.2) is 9.97 Å². The Labute approximate surface area is 193 Å². The Morgan fingerprint density at radius 1 is 1.09 bits per heavy atom. The number of carbonyl (C=O) groups excluding carboxylic acids is 2. The molecule has 2 aliphatic heterocycles. The van der Waals surface area contributed by atoms with E-state index in [4.69, 9.17) is 9.47 Å². The number of ether oxygens (including phenoxy) is 2. The van der Waals surface area contributed by atoms with Crippen molar-refractivity contribution >= 4 is 17.8 Å². The summed E-state index contributed by atoms with van der Waals surface area (Å²) in [6, 6.07) is 5.33. The van der Waals surface area contributed by atoms with Gasteiger partial charge in [0.2, 0.25) is 11.9 Å². The molecule has 34 heavy (non-hydrogen) atoms. The Kier molecular flexibility index (Phi) is 7.15. The van der Waals surface area contributed by atoms with Gasteiger partial charge in [0.25, 0.3) is 5.91 Å². The third-order valence-electron chi connectivity index (χ3n) is 5.63. The van der Waals surface area contributed by atoms with Crippen LogP contribution in [0.1, 0.15) is 21.5 Å². The highest BCUT2D eigenvalue weighted by Gasteiger charge is 2.32. The number of halogens is 3. The first kappa shape index (κ1) is 23.7. The molecule has 1 N–H and O–H groups in total. The van der Waals surface area contributed by atoms with Crippen molar-refractivity contribution in [3.05, 3.63) is 47.3 Å². The summed E-state index contributed by atoms with van der Waals surface area (Å²) < 4.78 is 49.1. The average molecular weight is 479 g/mol. The van der Waals surface area contributed by atoms with E-state index in [0.717, 1.165) is 18.0 Å². The molecule has 0 saturated carbocycles. The summed E-state index contributed by atoms with van der Waals surface area (Å²) in [5.74, 6) is 0.554. The maximum Gasteiger partial charge on any atom is 0.419 e. The van der Waals surface area contributed by atoms with Gasteiger partial charge in [-0.1, -0.05) is 6.07 Å². The van der Waals surface area contributed by atoms with Gasteiger partial charge in [0.1, 0.15) is 19.0 Å². The van der Waals surface area contributed by atoms with Crippen LogP contribution in [0.5, 0.6) is 5.75 Å². The summed E-state index contributed by atoms with van der Waals surface area (Å²) in [7, 11) is 0. The Hall–Kier alpha value is -3.41. The molecule has 1 saturated heterocycles. The average Bonchev–Trinajstić information content (AvgIpc) is 2.84. The first-order valence-corrected chi connectivity index (χ1v) is 10.9. The number of fused-ring (bicyclic) bond motifs is 1. The summed E-state index contributed by atoms with van der Waals surface area (Å²) in [6.45, 7) is 2.51. The summed E-state index contributed by atoms with van der Waals surface area (Å²) >= 11 is 0. The van der Waals surface area contributed by atoms with Crippen LogP contribution in [0, 0.1) is 0 Å². The van der Waals surface area contributed by atoms with E-state index in [-0.39, 0.29) is 37.6 Å². The second kappa shape index (κ2) is 10.2.